The first-order chi connectivity index (χ1) is 5.61. The Hall–Kier alpha value is -1.38. The van der Waals surface area contributed by atoms with Gasteiger partial charge >= 0.3 is 0 Å². The molecule has 1 aliphatic rings. The van der Waals surface area contributed by atoms with Gasteiger partial charge in [-0.3, -0.25) is 0 Å². The summed E-state index contributed by atoms with van der Waals surface area (Å²) in [7, 11) is 3.74. The van der Waals surface area contributed by atoms with Crippen molar-refractivity contribution < 1.29 is 10.2 Å². The Morgan fingerprint density at radius 2 is 2.08 bits per heavy atom. The van der Waals surface area contributed by atoms with Crippen molar-refractivity contribution >= 4 is 0 Å². The molecule has 0 heterocycles. The molecule has 1 aliphatic carbocycles. The molecular weight excluding hydrogens is 154 g/mol. The van der Waals surface area contributed by atoms with Gasteiger partial charge in [-0.1, -0.05) is 6.08 Å². The van der Waals surface area contributed by atoms with E-state index in [0.29, 0.717) is 6.42 Å². The molecule has 0 radical (unpaired) electrons. The SMILES string of the molecule is CN(C)C=C1CC=CC(O)=C1O. The zero-order valence-electron chi connectivity index (χ0n) is 7.28. The first-order valence-electron chi connectivity index (χ1n) is 3.77. The summed E-state index contributed by atoms with van der Waals surface area (Å²) in [5.74, 6) is -0.0828. The highest BCUT2D eigenvalue weighted by molar-refractivity contribution is 5.37. The maximum Gasteiger partial charge on any atom is 0.162 e. The van der Waals surface area contributed by atoms with E-state index in [-0.39, 0.29) is 11.5 Å². The minimum Gasteiger partial charge on any atom is -0.504 e. The van der Waals surface area contributed by atoms with E-state index in [1.807, 2.05) is 25.1 Å². The molecule has 0 aliphatic heterocycles. The van der Waals surface area contributed by atoms with Gasteiger partial charge in [0.25, 0.3) is 0 Å². The molecule has 0 aromatic rings. The van der Waals surface area contributed by atoms with Crippen molar-refractivity contribution in [3.05, 3.63) is 35.4 Å². The minimum atomic E-state index is -0.0608. The van der Waals surface area contributed by atoms with Gasteiger partial charge in [0.05, 0.1) is 0 Å². The van der Waals surface area contributed by atoms with Crippen LogP contribution in [0.25, 0.3) is 0 Å². The van der Waals surface area contributed by atoms with Crippen molar-refractivity contribution in [1.29, 1.82) is 0 Å². The van der Waals surface area contributed by atoms with Crippen LogP contribution in [-0.2, 0) is 0 Å². The number of nitrogens with zero attached hydrogens (tertiary/aromatic N) is 1. The second-order valence-corrected chi connectivity index (χ2v) is 2.96. The van der Waals surface area contributed by atoms with Gasteiger partial charge in [0.15, 0.2) is 11.5 Å². The number of allylic oxidation sites excluding steroid dienone is 3. The number of rotatable bonds is 1. The minimum absolute atomic E-state index is 0.0220. The van der Waals surface area contributed by atoms with Gasteiger partial charge in [-0.05, 0) is 12.5 Å². The Morgan fingerprint density at radius 3 is 2.67 bits per heavy atom. The fraction of sp³-hybridized carbons (Fsp3) is 0.333. The summed E-state index contributed by atoms with van der Waals surface area (Å²) in [6, 6.07) is 0. The third kappa shape index (κ3) is 1.81. The molecule has 0 aromatic carbocycles. The summed E-state index contributed by atoms with van der Waals surface area (Å²) >= 11 is 0. The van der Waals surface area contributed by atoms with Gasteiger partial charge in [0.2, 0.25) is 0 Å². The predicted molar refractivity (Wildman–Crippen MR) is 47.8 cm³/mol. The number of hydrogen-bond acceptors (Lipinski definition) is 3. The molecule has 1 rings (SSSR count). The van der Waals surface area contributed by atoms with Gasteiger partial charge < -0.3 is 15.1 Å². The zero-order chi connectivity index (χ0) is 9.14. The summed E-state index contributed by atoms with van der Waals surface area (Å²) in [6.45, 7) is 0. The highest BCUT2D eigenvalue weighted by Crippen LogP contribution is 2.20. The van der Waals surface area contributed by atoms with Crippen LogP contribution >= 0.6 is 0 Å². The van der Waals surface area contributed by atoms with Crippen molar-refractivity contribution in [2.75, 3.05) is 14.1 Å². The molecule has 0 aromatic heterocycles. The lowest BCUT2D eigenvalue weighted by Gasteiger charge is -2.13. The van der Waals surface area contributed by atoms with E-state index in [1.165, 1.54) is 6.08 Å². The van der Waals surface area contributed by atoms with E-state index in [2.05, 4.69) is 0 Å². The Bertz CT molecular complexity index is 262. The van der Waals surface area contributed by atoms with Crippen molar-refractivity contribution in [2.45, 2.75) is 6.42 Å². The highest BCUT2D eigenvalue weighted by atomic mass is 16.3. The van der Waals surface area contributed by atoms with Crippen LogP contribution in [0.4, 0.5) is 0 Å². The molecule has 3 nitrogen and oxygen atoms in total. The summed E-state index contributed by atoms with van der Waals surface area (Å²) in [5, 5.41) is 18.5. The van der Waals surface area contributed by atoms with Crippen molar-refractivity contribution in [1.82, 2.24) is 4.90 Å². The van der Waals surface area contributed by atoms with E-state index in [4.69, 9.17) is 5.11 Å². The maximum atomic E-state index is 9.37. The molecule has 0 fully saturated rings. The summed E-state index contributed by atoms with van der Waals surface area (Å²) in [6.07, 6.45) is 5.76. The quantitative estimate of drug-likeness (QED) is 0.625. The molecule has 2 N–H and O–H groups in total. The lowest BCUT2D eigenvalue weighted by atomic mass is 10.1. The third-order valence-electron chi connectivity index (χ3n) is 1.57. The second-order valence-electron chi connectivity index (χ2n) is 2.96. The molecule has 66 valence electrons. The number of aliphatic hydroxyl groups excluding tert-OH is 2. The van der Waals surface area contributed by atoms with Crippen LogP contribution in [0.15, 0.2) is 35.4 Å². The normalized spacial score (nSPS) is 20.3. The topological polar surface area (TPSA) is 43.7 Å². The fourth-order valence-corrected chi connectivity index (χ4v) is 1.06. The van der Waals surface area contributed by atoms with E-state index in [0.717, 1.165) is 5.57 Å². The number of aliphatic hydroxyl groups is 2. The molecule has 0 saturated carbocycles. The standard InChI is InChI=1S/C9H13NO2/c1-10(2)6-7-4-3-5-8(11)9(7)12/h3,5-6,11-12H,4H2,1-2H3. The van der Waals surface area contributed by atoms with Gasteiger partial charge in [-0.2, -0.15) is 0 Å². The van der Waals surface area contributed by atoms with Crippen LogP contribution in [-0.4, -0.2) is 29.2 Å². The molecule has 0 saturated heterocycles. The Kier molecular flexibility index (Phi) is 2.43. The van der Waals surface area contributed by atoms with Crippen molar-refractivity contribution in [3.8, 4) is 0 Å². The maximum absolute atomic E-state index is 9.37. The number of hydrogen-bond donors (Lipinski definition) is 2. The molecule has 0 unspecified atom stereocenters. The molecule has 0 amide bonds. The summed E-state index contributed by atoms with van der Waals surface area (Å²) in [5.41, 5.74) is 0.736. The van der Waals surface area contributed by atoms with Crippen LogP contribution in [0.5, 0.6) is 0 Å². The summed E-state index contributed by atoms with van der Waals surface area (Å²) in [4.78, 5) is 1.83. The average molecular weight is 167 g/mol. The first kappa shape index (κ1) is 8.71. The Labute approximate surface area is 71.9 Å². The third-order valence-corrected chi connectivity index (χ3v) is 1.57. The second kappa shape index (κ2) is 3.34. The van der Waals surface area contributed by atoms with Crippen LogP contribution in [0.2, 0.25) is 0 Å². The van der Waals surface area contributed by atoms with Gasteiger partial charge in [0.1, 0.15) is 0 Å². The van der Waals surface area contributed by atoms with Gasteiger partial charge in [-0.15, -0.1) is 0 Å². The lowest BCUT2D eigenvalue weighted by molar-refractivity contribution is 0.340. The summed E-state index contributed by atoms with van der Waals surface area (Å²) < 4.78 is 0. The van der Waals surface area contributed by atoms with Crippen molar-refractivity contribution in [3.63, 3.8) is 0 Å². The largest absolute Gasteiger partial charge is 0.504 e. The van der Waals surface area contributed by atoms with Crippen LogP contribution in [0.1, 0.15) is 6.42 Å². The molecule has 0 spiro atoms. The van der Waals surface area contributed by atoms with Crippen LogP contribution in [0, 0.1) is 0 Å². The van der Waals surface area contributed by atoms with Crippen LogP contribution < -0.4 is 0 Å². The van der Waals surface area contributed by atoms with E-state index in [9.17, 15) is 5.11 Å². The van der Waals surface area contributed by atoms with Crippen LogP contribution in [0.3, 0.4) is 0 Å². The lowest BCUT2D eigenvalue weighted by Crippen LogP contribution is -2.06. The molecule has 0 bridgehead atoms. The van der Waals surface area contributed by atoms with Crippen molar-refractivity contribution in [2.24, 2.45) is 0 Å². The molecule has 12 heavy (non-hydrogen) atoms. The Morgan fingerprint density at radius 1 is 1.42 bits per heavy atom. The van der Waals surface area contributed by atoms with E-state index in [1.54, 1.807) is 6.20 Å². The highest BCUT2D eigenvalue weighted by Gasteiger charge is 2.11. The fourth-order valence-electron chi connectivity index (χ4n) is 1.06. The smallest absolute Gasteiger partial charge is 0.162 e. The molecular formula is C9H13NO2. The van der Waals surface area contributed by atoms with E-state index < -0.39 is 0 Å². The van der Waals surface area contributed by atoms with E-state index >= 15 is 0 Å². The van der Waals surface area contributed by atoms with Gasteiger partial charge in [-0.25, -0.2) is 0 Å². The average Bonchev–Trinajstić information content (AvgIpc) is 1.98. The Balaban J connectivity index is 2.90. The predicted octanol–water partition coefficient (Wildman–Crippen LogP) is 1.72. The molecule has 0 atom stereocenters. The first-order valence-corrected chi connectivity index (χ1v) is 3.77. The monoisotopic (exact) mass is 167 g/mol. The van der Waals surface area contributed by atoms with Gasteiger partial charge in [0, 0.05) is 25.9 Å². The zero-order valence-corrected chi connectivity index (χ0v) is 7.28. The molecule has 3 heteroatoms.